The van der Waals surface area contributed by atoms with Gasteiger partial charge in [0.05, 0.1) is 5.52 Å². The van der Waals surface area contributed by atoms with E-state index in [-0.39, 0.29) is 12.4 Å². The van der Waals surface area contributed by atoms with E-state index in [0.717, 1.165) is 28.4 Å². The van der Waals surface area contributed by atoms with Crippen LogP contribution in [0.1, 0.15) is 12.0 Å². The van der Waals surface area contributed by atoms with E-state index in [4.69, 9.17) is 0 Å². The number of hydrogen-bond donors (Lipinski definition) is 1. The minimum atomic E-state index is 0. The van der Waals surface area contributed by atoms with E-state index in [1.54, 1.807) is 0 Å². The molecule has 2 unspecified atom stereocenters. The normalized spacial score (nSPS) is 25.0. The number of fused-ring (bicyclic) bond motifs is 2. The first-order valence-corrected chi connectivity index (χ1v) is 8.56. The second-order valence-corrected chi connectivity index (χ2v) is 7.16. The van der Waals surface area contributed by atoms with Crippen LogP contribution in [-0.4, -0.2) is 36.1 Å². The van der Waals surface area contributed by atoms with Gasteiger partial charge in [-0.25, -0.2) is 0 Å². The molecule has 2 fully saturated rings. The Morgan fingerprint density at radius 2 is 2.09 bits per heavy atom. The smallest absolute Gasteiger partial charge is 0.0758 e. The van der Waals surface area contributed by atoms with Crippen molar-refractivity contribution in [2.24, 2.45) is 11.8 Å². The molecule has 2 aromatic rings. The van der Waals surface area contributed by atoms with Gasteiger partial charge < -0.3 is 5.32 Å². The average molecular weight is 383 g/mol. The molecule has 2 aliphatic heterocycles. The molecule has 2 aliphatic rings. The molecule has 1 aromatic carbocycles. The van der Waals surface area contributed by atoms with Crippen LogP contribution in [0.2, 0.25) is 0 Å². The number of halogens is 2. The lowest BCUT2D eigenvalue weighted by Gasteiger charge is -2.34. The maximum atomic E-state index is 4.60. The van der Waals surface area contributed by atoms with Gasteiger partial charge in [-0.3, -0.25) is 9.88 Å². The second kappa shape index (κ2) is 6.83. The summed E-state index contributed by atoms with van der Waals surface area (Å²) in [5.74, 6) is 1.74. The number of rotatable bonds is 2. The zero-order valence-corrected chi connectivity index (χ0v) is 14.9. The van der Waals surface area contributed by atoms with Gasteiger partial charge in [-0.05, 0) is 55.6 Å². The Balaban J connectivity index is 0.00000144. The van der Waals surface area contributed by atoms with Crippen LogP contribution < -0.4 is 5.32 Å². The van der Waals surface area contributed by atoms with E-state index in [2.05, 4.69) is 49.3 Å². The molecule has 0 amide bonds. The average Bonchev–Trinajstić information content (AvgIpc) is 2.98. The van der Waals surface area contributed by atoms with Gasteiger partial charge >= 0.3 is 0 Å². The Hall–Kier alpha value is -0.680. The molecule has 5 heteroatoms. The summed E-state index contributed by atoms with van der Waals surface area (Å²) in [6.45, 7) is 5.88. The minimum Gasteiger partial charge on any atom is -0.316 e. The SMILES string of the molecule is Brc1ccc(CN2CCC3CNCC3C2)c2ncccc12.Cl. The van der Waals surface area contributed by atoms with Crippen molar-refractivity contribution in [1.29, 1.82) is 0 Å². The highest BCUT2D eigenvalue weighted by atomic mass is 79.9. The quantitative estimate of drug-likeness (QED) is 0.862. The highest BCUT2D eigenvalue weighted by molar-refractivity contribution is 9.10. The lowest BCUT2D eigenvalue weighted by Crippen LogP contribution is -2.39. The number of aromatic nitrogens is 1. The van der Waals surface area contributed by atoms with Crippen molar-refractivity contribution in [2.45, 2.75) is 13.0 Å². The molecule has 2 atom stereocenters. The molecule has 2 saturated heterocycles. The van der Waals surface area contributed by atoms with Crippen LogP contribution in [0.25, 0.3) is 10.9 Å². The molecule has 0 radical (unpaired) electrons. The standard InChI is InChI=1S/C17H20BrN3.ClH/c18-16-4-3-13(17-15(16)2-1-6-20-17)10-21-7-5-12-8-19-9-14(12)11-21;/h1-4,6,12,14,19H,5,7-11H2;1H. The highest BCUT2D eigenvalue weighted by Gasteiger charge is 2.32. The second-order valence-electron chi connectivity index (χ2n) is 6.31. The molecule has 1 aromatic heterocycles. The molecule has 0 aliphatic carbocycles. The van der Waals surface area contributed by atoms with E-state index >= 15 is 0 Å². The third-order valence-electron chi connectivity index (χ3n) is 4.98. The topological polar surface area (TPSA) is 28.2 Å². The third-order valence-corrected chi connectivity index (χ3v) is 5.67. The molecule has 0 spiro atoms. The number of benzene rings is 1. The Bertz CT molecular complexity index is 663. The summed E-state index contributed by atoms with van der Waals surface area (Å²) in [5, 5.41) is 4.76. The van der Waals surface area contributed by atoms with Crippen molar-refractivity contribution in [3.05, 3.63) is 40.5 Å². The van der Waals surface area contributed by atoms with Crippen LogP contribution >= 0.6 is 28.3 Å². The summed E-state index contributed by atoms with van der Waals surface area (Å²) < 4.78 is 1.13. The van der Waals surface area contributed by atoms with E-state index in [0.29, 0.717) is 0 Å². The summed E-state index contributed by atoms with van der Waals surface area (Å²) in [6, 6.07) is 8.53. The van der Waals surface area contributed by atoms with Gasteiger partial charge in [0.25, 0.3) is 0 Å². The molecular weight excluding hydrogens is 362 g/mol. The Labute approximate surface area is 146 Å². The number of likely N-dealkylation sites (tertiary alicyclic amines) is 1. The van der Waals surface area contributed by atoms with Gasteiger partial charge in [-0.15, -0.1) is 12.4 Å². The maximum Gasteiger partial charge on any atom is 0.0758 e. The third kappa shape index (κ3) is 3.02. The van der Waals surface area contributed by atoms with Gasteiger partial charge in [0, 0.05) is 29.1 Å². The zero-order valence-electron chi connectivity index (χ0n) is 12.5. The van der Waals surface area contributed by atoms with E-state index in [1.165, 1.54) is 43.5 Å². The maximum absolute atomic E-state index is 4.60. The van der Waals surface area contributed by atoms with E-state index in [1.807, 2.05) is 12.3 Å². The predicted molar refractivity (Wildman–Crippen MR) is 96.4 cm³/mol. The molecule has 118 valence electrons. The van der Waals surface area contributed by atoms with Gasteiger partial charge in [0.2, 0.25) is 0 Å². The van der Waals surface area contributed by atoms with E-state index < -0.39 is 0 Å². The van der Waals surface area contributed by atoms with Crippen LogP contribution in [0.3, 0.4) is 0 Å². The van der Waals surface area contributed by atoms with Crippen molar-refractivity contribution in [1.82, 2.24) is 15.2 Å². The fraction of sp³-hybridized carbons (Fsp3) is 0.471. The monoisotopic (exact) mass is 381 g/mol. The van der Waals surface area contributed by atoms with Crippen LogP contribution in [0.4, 0.5) is 0 Å². The number of hydrogen-bond acceptors (Lipinski definition) is 3. The molecule has 4 rings (SSSR count). The molecule has 3 heterocycles. The van der Waals surface area contributed by atoms with Gasteiger partial charge in [-0.1, -0.05) is 28.1 Å². The van der Waals surface area contributed by atoms with Crippen molar-refractivity contribution in [3.8, 4) is 0 Å². The number of nitrogens with zero attached hydrogens (tertiary/aromatic N) is 2. The highest BCUT2D eigenvalue weighted by Crippen LogP contribution is 2.30. The minimum absolute atomic E-state index is 0. The van der Waals surface area contributed by atoms with Crippen molar-refractivity contribution in [2.75, 3.05) is 26.2 Å². The van der Waals surface area contributed by atoms with Crippen molar-refractivity contribution >= 4 is 39.2 Å². The van der Waals surface area contributed by atoms with Crippen LogP contribution in [0.15, 0.2) is 34.9 Å². The van der Waals surface area contributed by atoms with Crippen molar-refractivity contribution < 1.29 is 0 Å². The Morgan fingerprint density at radius 3 is 3.00 bits per heavy atom. The van der Waals surface area contributed by atoms with Crippen LogP contribution in [-0.2, 0) is 6.54 Å². The van der Waals surface area contributed by atoms with Crippen molar-refractivity contribution in [3.63, 3.8) is 0 Å². The lowest BCUT2D eigenvalue weighted by atomic mass is 9.88. The number of pyridine rings is 1. The molecular formula is C17H21BrClN3. The molecule has 0 bridgehead atoms. The van der Waals surface area contributed by atoms with Crippen LogP contribution in [0.5, 0.6) is 0 Å². The fourth-order valence-corrected chi connectivity index (χ4v) is 4.27. The van der Waals surface area contributed by atoms with Gasteiger partial charge in [-0.2, -0.15) is 0 Å². The first-order chi connectivity index (χ1) is 10.3. The first kappa shape index (κ1) is 16.2. The predicted octanol–water partition coefficient (Wildman–Crippen LogP) is 3.46. The molecule has 0 saturated carbocycles. The number of nitrogens with one attached hydrogen (secondary N) is 1. The number of piperidine rings is 1. The molecule has 22 heavy (non-hydrogen) atoms. The summed E-state index contributed by atoms with van der Waals surface area (Å²) in [4.78, 5) is 7.21. The van der Waals surface area contributed by atoms with E-state index in [9.17, 15) is 0 Å². The molecule has 1 N–H and O–H groups in total. The summed E-state index contributed by atoms with van der Waals surface area (Å²) in [5.41, 5.74) is 2.48. The molecule has 3 nitrogen and oxygen atoms in total. The Kier molecular flexibility index (Phi) is 5.03. The van der Waals surface area contributed by atoms with Crippen LogP contribution in [0, 0.1) is 11.8 Å². The Morgan fingerprint density at radius 1 is 1.23 bits per heavy atom. The summed E-state index contributed by atoms with van der Waals surface area (Å²) in [6.07, 6.45) is 3.23. The largest absolute Gasteiger partial charge is 0.316 e. The van der Waals surface area contributed by atoms with Gasteiger partial charge in [0.15, 0.2) is 0 Å². The summed E-state index contributed by atoms with van der Waals surface area (Å²) in [7, 11) is 0. The lowest BCUT2D eigenvalue weighted by molar-refractivity contribution is 0.142. The fourth-order valence-electron chi connectivity index (χ4n) is 3.82. The summed E-state index contributed by atoms with van der Waals surface area (Å²) >= 11 is 3.63. The first-order valence-electron chi connectivity index (χ1n) is 7.76. The zero-order chi connectivity index (χ0) is 14.2. The van der Waals surface area contributed by atoms with Gasteiger partial charge in [0.1, 0.15) is 0 Å².